The van der Waals surface area contributed by atoms with Crippen LogP contribution in [0.15, 0.2) is 158 Å². The van der Waals surface area contributed by atoms with E-state index in [9.17, 15) is 0 Å². The Hall–Kier alpha value is -6.46. The summed E-state index contributed by atoms with van der Waals surface area (Å²) in [6, 6.07) is 45.6. The summed E-state index contributed by atoms with van der Waals surface area (Å²) in [5, 5.41) is 6.34. The van der Waals surface area contributed by atoms with Crippen molar-refractivity contribution in [1.82, 2.24) is 18.3 Å². The molecular weight excluding hydrogens is 611 g/mol. The van der Waals surface area contributed by atoms with Gasteiger partial charge in [0.2, 0.25) is 0 Å². The number of aryl methyl sites for hydroxylation is 1. The molecule has 50 heavy (non-hydrogen) atoms. The second-order valence-electron chi connectivity index (χ2n) is 13.1. The Morgan fingerprint density at radius 3 is 2.04 bits per heavy atom. The molecule has 10 rings (SSSR count). The van der Waals surface area contributed by atoms with Crippen LogP contribution < -0.4 is 5.73 Å². The van der Waals surface area contributed by atoms with Crippen LogP contribution in [0.1, 0.15) is 17.7 Å². The van der Waals surface area contributed by atoms with Gasteiger partial charge in [-0.1, -0.05) is 97.1 Å². The number of benzene rings is 5. The van der Waals surface area contributed by atoms with Crippen molar-refractivity contribution in [1.29, 1.82) is 0 Å². The second-order valence-corrected chi connectivity index (χ2v) is 13.1. The number of para-hydroxylation sites is 4. The van der Waals surface area contributed by atoms with Crippen LogP contribution >= 0.6 is 0 Å². The molecule has 0 spiro atoms. The predicted octanol–water partition coefficient (Wildman–Crippen LogP) is 10.6. The lowest BCUT2D eigenvalue weighted by Gasteiger charge is -2.12. The van der Waals surface area contributed by atoms with Gasteiger partial charge in [-0.05, 0) is 79.1 Å². The number of hydrogen-bond acceptors (Lipinski definition) is 1. The fraction of sp³-hybridized carbons (Fsp3) is 0.0667. The molecule has 0 radical (unpaired) electrons. The van der Waals surface area contributed by atoms with E-state index in [2.05, 4.69) is 176 Å². The van der Waals surface area contributed by atoms with Crippen molar-refractivity contribution in [3.8, 4) is 11.5 Å². The summed E-state index contributed by atoms with van der Waals surface area (Å²) in [5.74, 6) is 1.84. The molecule has 5 nitrogen and oxygen atoms in total. The summed E-state index contributed by atoms with van der Waals surface area (Å²) >= 11 is 0. The molecule has 4 heterocycles. The minimum absolute atomic E-state index is 0.705. The molecule has 2 N–H and O–H groups in total. The first-order chi connectivity index (χ1) is 24.8. The molecule has 0 atom stereocenters. The summed E-state index contributed by atoms with van der Waals surface area (Å²) in [6.45, 7) is 0.717. The molecule has 0 aliphatic heterocycles. The first kappa shape index (κ1) is 28.5. The molecule has 5 heteroatoms. The van der Waals surface area contributed by atoms with Crippen molar-refractivity contribution in [3.63, 3.8) is 0 Å². The molecule has 0 fully saturated rings. The SMILES string of the molecule is N/C(=C\C=C/Cn1cccc1-n1c2ccccc2c2ccccc21)n1c2c(c3c1ccc1c4ccccc4n(-c4ccccc4)c13)CCC=C2. The van der Waals surface area contributed by atoms with Crippen LogP contribution in [-0.2, 0) is 13.0 Å². The Morgan fingerprint density at radius 2 is 1.30 bits per heavy atom. The number of nitrogens with zero attached hydrogens (tertiary/aromatic N) is 4. The monoisotopic (exact) mass is 645 g/mol. The number of hydrogen-bond donors (Lipinski definition) is 1. The van der Waals surface area contributed by atoms with Crippen molar-refractivity contribution in [3.05, 3.63) is 169 Å². The van der Waals surface area contributed by atoms with E-state index >= 15 is 0 Å². The van der Waals surface area contributed by atoms with E-state index in [1.54, 1.807) is 0 Å². The standard InChI is InChI=1S/C45H35N5/c46-42(25-12-13-29-47-30-14-26-43(47)50-38-22-9-4-17-32(38)33-18-5-10-23-39(33)50)49-40-24-11-7-20-36(40)44-41(49)28-27-35-34-19-6-8-21-37(34)48(45(35)44)31-15-2-1-3-16-31/h1-6,8-19,21-28,30H,7,20,29,46H2/b13-12-,42-25+. The second kappa shape index (κ2) is 11.3. The number of fused-ring (bicyclic) bond motifs is 10. The Balaban J connectivity index is 1.07. The summed E-state index contributed by atoms with van der Waals surface area (Å²) in [5.41, 5.74) is 16.7. The maximum absolute atomic E-state index is 7.01. The molecule has 4 aromatic heterocycles. The summed E-state index contributed by atoms with van der Waals surface area (Å²) in [4.78, 5) is 0. The van der Waals surface area contributed by atoms with Gasteiger partial charge in [-0.3, -0.25) is 9.13 Å². The van der Waals surface area contributed by atoms with Crippen molar-refractivity contribution >= 4 is 66.4 Å². The van der Waals surface area contributed by atoms with Gasteiger partial charge in [-0.15, -0.1) is 0 Å². The van der Waals surface area contributed by atoms with Gasteiger partial charge < -0.3 is 14.9 Å². The predicted molar refractivity (Wildman–Crippen MR) is 210 cm³/mol. The minimum atomic E-state index is 0.705. The lowest BCUT2D eigenvalue weighted by Crippen LogP contribution is -2.09. The van der Waals surface area contributed by atoms with Gasteiger partial charge in [0, 0.05) is 45.4 Å². The molecule has 5 aromatic carbocycles. The van der Waals surface area contributed by atoms with Crippen LogP contribution in [0.3, 0.4) is 0 Å². The van der Waals surface area contributed by atoms with Crippen LogP contribution in [0.2, 0.25) is 0 Å². The smallest absolute Gasteiger partial charge is 0.117 e. The number of rotatable bonds is 6. The highest BCUT2D eigenvalue weighted by Crippen LogP contribution is 2.42. The fourth-order valence-corrected chi connectivity index (χ4v) is 8.25. The molecule has 0 bridgehead atoms. The molecule has 0 saturated heterocycles. The molecular formula is C45H35N5. The van der Waals surface area contributed by atoms with E-state index in [1.165, 1.54) is 60.3 Å². The zero-order chi connectivity index (χ0) is 33.2. The zero-order valence-electron chi connectivity index (χ0n) is 27.6. The van der Waals surface area contributed by atoms with Crippen LogP contribution in [-0.4, -0.2) is 18.3 Å². The molecule has 0 unspecified atom stereocenters. The molecule has 240 valence electrons. The van der Waals surface area contributed by atoms with Gasteiger partial charge in [0.05, 0.1) is 33.3 Å². The zero-order valence-corrected chi connectivity index (χ0v) is 27.6. The third-order valence-electron chi connectivity index (χ3n) is 10.3. The normalized spacial score (nSPS) is 13.6. The number of allylic oxidation sites excluding steroid dienone is 4. The summed E-state index contributed by atoms with van der Waals surface area (Å²) in [7, 11) is 0. The minimum Gasteiger partial charge on any atom is -0.385 e. The fourth-order valence-electron chi connectivity index (χ4n) is 8.25. The van der Waals surface area contributed by atoms with Crippen molar-refractivity contribution < 1.29 is 0 Å². The van der Waals surface area contributed by atoms with Gasteiger partial charge in [0.1, 0.15) is 11.6 Å². The maximum atomic E-state index is 7.01. The Bertz CT molecular complexity index is 2790. The lowest BCUT2D eigenvalue weighted by molar-refractivity contribution is 0.794. The van der Waals surface area contributed by atoms with E-state index in [4.69, 9.17) is 5.73 Å². The highest BCUT2D eigenvalue weighted by molar-refractivity contribution is 6.20. The van der Waals surface area contributed by atoms with Crippen LogP contribution in [0.25, 0.3) is 77.9 Å². The van der Waals surface area contributed by atoms with Gasteiger partial charge in [0.25, 0.3) is 0 Å². The van der Waals surface area contributed by atoms with Gasteiger partial charge in [0.15, 0.2) is 0 Å². The average molecular weight is 646 g/mol. The van der Waals surface area contributed by atoms with Crippen molar-refractivity contribution in [2.75, 3.05) is 0 Å². The molecule has 1 aliphatic carbocycles. The third kappa shape index (κ3) is 4.20. The maximum Gasteiger partial charge on any atom is 0.117 e. The van der Waals surface area contributed by atoms with Crippen molar-refractivity contribution in [2.45, 2.75) is 19.4 Å². The average Bonchev–Trinajstić information content (AvgIpc) is 3.93. The topological polar surface area (TPSA) is 45.7 Å². The molecule has 1 aliphatic rings. The van der Waals surface area contributed by atoms with Crippen LogP contribution in [0.4, 0.5) is 0 Å². The number of aromatic nitrogens is 4. The van der Waals surface area contributed by atoms with Gasteiger partial charge in [-0.25, -0.2) is 0 Å². The van der Waals surface area contributed by atoms with Crippen molar-refractivity contribution in [2.24, 2.45) is 5.73 Å². The van der Waals surface area contributed by atoms with E-state index in [0.717, 1.165) is 36.4 Å². The Kier molecular flexibility index (Phi) is 6.46. The van der Waals surface area contributed by atoms with Crippen LogP contribution in [0.5, 0.6) is 0 Å². The van der Waals surface area contributed by atoms with E-state index in [-0.39, 0.29) is 0 Å². The first-order valence-electron chi connectivity index (χ1n) is 17.4. The summed E-state index contributed by atoms with van der Waals surface area (Å²) < 4.78 is 9.33. The van der Waals surface area contributed by atoms with Gasteiger partial charge >= 0.3 is 0 Å². The van der Waals surface area contributed by atoms with E-state index in [1.807, 2.05) is 6.08 Å². The molecule has 0 amide bonds. The first-order valence-corrected chi connectivity index (χ1v) is 17.4. The largest absolute Gasteiger partial charge is 0.385 e. The summed E-state index contributed by atoms with van der Waals surface area (Å²) in [6.07, 6.45) is 15.0. The Morgan fingerprint density at radius 1 is 0.640 bits per heavy atom. The third-order valence-corrected chi connectivity index (χ3v) is 10.3. The number of nitrogens with two attached hydrogens (primary N) is 1. The van der Waals surface area contributed by atoms with E-state index in [0.29, 0.717) is 5.82 Å². The molecule has 9 aromatic rings. The lowest BCUT2D eigenvalue weighted by atomic mass is 9.99. The highest BCUT2D eigenvalue weighted by Gasteiger charge is 2.24. The van der Waals surface area contributed by atoms with E-state index < -0.39 is 0 Å². The molecule has 0 saturated carbocycles. The van der Waals surface area contributed by atoms with Gasteiger partial charge in [-0.2, -0.15) is 0 Å². The highest BCUT2D eigenvalue weighted by atomic mass is 15.1. The quantitative estimate of drug-likeness (QED) is 0.180. The Labute approximate surface area is 289 Å². The van der Waals surface area contributed by atoms with Crippen LogP contribution in [0, 0.1) is 0 Å².